The van der Waals surface area contributed by atoms with E-state index in [4.69, 9.17) is 6.42 Å². The van der Waals surface area contributed by atoms with E-state index >= 15 is 0 Å². The van der Waals surface area contributed by atoms with Crippen LogP contribution in [0.5, 0.6) is 0 Å². The quantitative estimate of drug-likeness (QED) is 0.462. The molecule has 0 fully saturated rings. The van der Waals surface area contributed by atoms with Gasteiger partial charge in [0, 0.05) is 13.0 Å². The van der Waals surface area contributed by atoms with Crippen molar-refractivity contribution in [3.63, 3.8) is 0 Å². The van der Waals surface area contributed by atoms with Gasteiger partial charge in [-0.25, -0.2) is 0 Å². The zero-order valence-corrected chi connectivity index (χ0v) is 11.5. The molecule has 0 saturated carbocycles. The topological polar surface area (TPSA) is 3.24 Å². The van der Waals surface area contributed by atoms with Crippen LogP contribution in [0.3, 0.4) is 0 Å². The molecule has 18 heavy (non-hydrogen) atoms. The van der Waals surface area contributed by atoms with E-state index in [-0.39, 0.29) is 0 Å². The third-order valence-electron chi connectivity index (χ3n) is 2.05. The van der Waals surface area contributed by atoms with Gasteiger partial charge in [0.25, 0.3) is 0 Å². The zero-order chi connectivity index (χ0) is 13.6. The number of nitrogens with zero attached hydrogens (tertiary/aromatic N) is 1. The smallest absolute Gasteiger partial charge is 0.0270 e. The highest BCUT2D eigenvalue weighted by atomic mass is 15.0. The van der Waals surface area contributed by atoms with Crippen molar-refractivity contribution < 1.29 is 0 Å². The van der Waals surface area contributed by atoms with Gasteiger partial charge in [-0.15, -0.1) is 12.3 Å². The largest absolute Gasteiger partial charge is 0.306 e. The Labute approximate surface area is 112 Å². The Morgan fingerprint density at radius 1 is 1.11 bits per heavy atom. The van der Waals surface area contributed by atoms with E-state index in [0.717, 1.165) is 18.5 Å². The van der Waals surface area contributed by atoms with Crippen LogP contribution in [0.1, 0.15) is 12.8 Å². The summed E-state index contributed by atoms with van der Waals surface area (Å²) >= 11 is 0. The molecule has 0 atom stereocenters. The fourth-order valence-corrected chi connectivity index (χ4v) is 1.12. The lowest BCUT2D eigenvalue weighted by Gasteiger charge is -2.02. The summed E-state index contributed by atoms with van der Waals surface area (Å²) in [5, 5.41) is 0. The lowest BCUT2D eigenvalue weighted by atomic mass is 10.2. The van der Waals surface area contributed by atoms with Crippen molar-refractivity contribution in [2.75, 3.05) is 20.6 Å². The second kappa shape index (κ2) is 11.7. The number of hydrogen-bond donors (Lipinski definition) is 0. The van der Waals surface area contributed by atoms with Crippen LogP contribution >= 0.6 is 0 Å². The van der Waals surface area contributed by atoms with Gasteiger partial charge in [-0.3, -0.25) is 0 Å². The minimum atomic E-state index is 0.682. The SMILES string of the molecule is C#CC/C=C\C=C/CC(=C)/C=C\C=C/CN(C)C. The maximum Gasteiger partial charge on any atom is 0.0270 e. The average Bonchev–Trinajstić information content (AvgIpc) is 2.33. The summed E-state index contributed by atoms with van der Waals surface area (Å²) in [6.45, 7) is 4.94. The summed E-state index contributed by atoms with van der Waals surface area (Å²) in [7, 11) is 4.09. The van der Waals surface area contributed by atoms with E-state index in [1.54, 1.807) is 0 Å². The molecule has 0 amide bonds. The summed E-state index contributed by atoms with van der Waals surface area (Å²) in [6.07, 6.45) is 22.9. The number of likely N-dealkylation sites (N-methyl/N-ethyl adjacent to an activating group) is 1. The van der Waals surface area contributed by atoms with E-state index in [0.29, 0.717) is 6.42 Å². The Balaban J connectivity index is 3.81. The zero-order valence-electron chi connectivity index (χ0n) is 11.5. The lowest BCUT2D eigenvalue weighted by molar-refractivity contribution is 0.456. The number of hydrogen-bond acceptors (Lipinski definition) is 1. The predicted octanol–water partition coefficient (Wildman–Crippen LogP) is 3.74. The Kier molecular flexibility index (Phi) is 10.5. The van der Waals surface area contributed by atoms with Gasteiger partial charge in [0.2, 0.25) is 0 Å². The number of allylic oxidation sites excluding steroid dienone is 8. The normalized spacial score (nSPS) is 12.3. The van der Waals surface area contributed by atoms with Crippen LogP contribution in [0.25, 0.3) is 0 Å². The Morgan fingerprint density at radius 3 is 2.44 bits per heavy atom. The van der Waals surface area contributed by atoms with E-state index in [1.807, 2.05) is 50.6 Å². The Hall–Kier alpha value is -1.78. The van der Waals surface area contributed by atoms with E-state index < -0.39 is 0 Å². The van der Waals surface area contributed by atoms with Crippen molar-refractivity contribution in [2.45, 2.75) is 12.8 Å². The molecule has 0 saturated heterocycles. The monoisotopic (exact) mass is 241 g/mol. The van der Waals surface area contributed by atoms with E-state index in [9.17, 15) is 0 Å². The van der Waals surface area contributed by atoms with Gasteiger partial charge >= 0.3 is 0 Å². The molecule has 0 unspecified atom stereocenters. The molecule has 0 rings (SSSR count). The first kappa shape index (κ1) is 16.2. The van der Waals surface area contributed by atoms with Crippen LogP contribution in [0.4, 0.5) is 0 Å². The molecule has 0 spiro atoms. The summed E-state index contributed by atoms with van der Waals surface area (Å²) in [5.41, 5.74) is 1.09. The van der Waals surface area contributed by atoms with Gasteiger partial charge in [-0.1, -0.05) is 60.8 Å². The van der Waals surface area contributed by atoms with Crippen LogP contribution in [-0.4, -0.2) is 25.5 Å². The average molecular weight is 241 g/mol. The second-order valence-electron chi connectivity index (χ2n) is 4.18. The van der Waals surface area contributed by atoms with Crippen molar-refractivity contribution in [3.8, 4) is 12.3 Å². The van der Waals surface area contributed by atoms with Gasteiger partial charge in [-0.05, 0) is 20.5 Å². The molecule has 0 radical (unpaired) electrons. The van der Waals surface area contributed by atoms with E-state index in [1.165, 1.54) is 0 Å². The second-order valence-corrected chi connectivity index (χ2v) is 4.18. The lowest BCUT2D eigenvalue weighted by Crippen LogP contribution is -2.10. The molecule has 0 bridgehead atoms. The third-order valence-corrected chi connectivity index (χ3v) is 2.05. The van der Waals surface area contributed by atoms with Crippen LogP contribution in [0.15, 0.2) is 60.8 Å². The summed E-state index contributed by atoms with van der Waals surface area (Å²) in [5.74, 6) is 2.55. The summed E-state index contributed by atoms with van der Waals surface area (Å²) in [6, 6.07) is 0. The Morgan fingerprint density at radius 2 is 1.78 bits per heavy atom. The van der Waals surface area contributed by atoms with Gasteiger partial charge in [0.15, 0.2) is 0 Å². The molecule has 0 aromatic carbocycles. The number of rotatable bonds is 8. The van der Waals surface area contributed by atoms with E-state index in [2.05, 4.69) is 29.6 Å². The van der Waals surface area contributed by atoms with Crippen molar-refractivity contribution in [1.82, 2.24) is 4.90 Å². The molecule has 0 aliphatic carbocycles. The maximum absolute atomic E-state index is 5.13. The Bertz CT molecular complexity index is 373. The van der Waals surface area contributed by atoms with Crippen molar-refractivity contribution in [1.29, 1.82) is 0 Å². The molecule has 0 N–H and O–H groups in total. The summed E-state index contributed by atoms with van der Waals surface area (Å²) in [4.78, 5) is 2.12. The highest BCUT2D eigenvalue weighted by molar-refractivity contribution is 5.22. The molecule has 0 aliphatic rings. The van der Waals surface area contributed by atoms with Crippen molar-refractivity contribution >= 4 is 0 Å². The highest BCUT2D eigenvalue weighted by Gasteiger charge is 1.82. The van der Waals surface area contributed by atoms with Gasteiger partial charge in [0.05, 0.1) is 0 Å². The molecule has 1 heteroatoms. The molecule has 0 heterocycles. The molecule has 1 nitrogen and oxygen atoms in total. The van der Waals surface area contributed by atoms with Crippen molar-refractivity contribution in [2.24, 2.45) is 0 Å². The van der Waals surface area contributed by atoms with Crippen LogP contribution in [0, 0.1) is 12.3 Å². The standard InChI is InChI=1S/C17H23N/c1-5-6-7-8-9-11-14-17(2)15-12-10-13-16-18(3)4/h1,7-13,15H,2,6,14,16H2,3-4H3/b8-7-,11-9-,13-10-,15-12-. The van der Waals surface area contributed by atoms with Crippen molar-refractivity contribution in [3.05, 3.63) is 60.8 Å². The predicted molar refractivity (Wildman–Crippen MR) is 82.3 cm³/mol. The molecule has 0 aromatic rings. The number of terminal acetylenes is 1. The summed E-state index contributed by atoms with van der Waals surface area (Å²) < 4.78 is 0. The maximum atomic E-state index is 5.13. The van der Waals surface area contributed by atoms with Gasteiger partial charge in [-0.2, -0.15) is 0 Å². The first-order valence-corrected chi connectivity index (χ1v) is 6.07. The van der Waals surface area contributed by atoms with Crippen LogP contribution < -0.4 is 0 Å². The fourth-order valence-electron chi connectivity index (χ4n) is 1.12. The van der Waals surface area contributed by atoms with Crippen LogP contribution in [0.2, 0.25) is 0 Å². The fraction of sp³-hybridized carbons (Fsp3) is 0.294. The van der Waals surface area contributed by atoms with Gasteiger partial charge in [0.1, 0.15) is 0 Å². The molecular weight excluding hydrogens is 218 g/mol. The highest BCUT2D eigenvalue weighted by Crippen LogP contribution is 2.01. The third kappa shape index (κ3) is 12.3. The molecule has 0 aliphatic heterocycles. The molecule has 96 valence electrons. The molecular formula is C17H23N. The minimum absolute atomic E-state index is 0.682. The molecule has 0 aromatic heterocycles. The first-order valence-electron chi connectivity index (χ1n) is 6.07. The van der Waals surface area contributed by atoms with Crippen LogP contribution in [-0.2, 0) is 0 Å². The first-order chi connectivity index (χ1) is 8.66. The minimum Gasteiger partial charge on any atom is -0.306 e. The van der Waals surface area contributed by atoms with Gasteiger partial charge < -0.3 is 4.90 Å².